The number of rotatable bonds is 8. The molecular formula is C13H20N2O3. The predicted octanol–water partition coefficient (Wildman–Crippen LogP) is 2.25. The minimum absolute atomic E-state index is 0.195. The van der Waals surface area contributed by atoms with Crippen molar-refractivity contribution in [3.63, 3.8) is 0 Å². The van der Waals surface area contributed by atoms with Gasteiger partial charge in [-0.15, -0.1) is 0 Å². The number of nitrogens with zero attached hydrogens (tertiary/aromatic N) is 1. The largest absolute Gasteiger partial charge is 0.478 e. The third-order valence-electron chi connectivity index (χ3n) is 2.25. The summed E-state index contributed by atoms with van der Waals surface area (Å²) in [5, 5.41) is 12.0. The molecule has 5 nitrogen and oxygen atoms in total. The number of carbonyl (C=O) groups is 1. The number of anilines is 1. The molecule has 0 aromatic carbocycles. The second kappa shape index (κ2) is 7.66. The summed E-state index contributed by atoms with van der Waals surface area (Å²) in [5.74, 6) is -0.0251. The fourth-order valence-corrected chi connectivity index (χ4v) is 1.42. The van der Waals surface area contributed by atoms with Crippen LogP contribution in [0.3, 0.4) is 0 Å². The molecule has 0 saturated carbocycles. The molecule has 0 fully saturated rings. The van der Waals surface area contributed by atoms with E-state index >= 15 is 0 Å². The number of pyridine rings is 1. The Kier molecular flexibility index (Phi) is 6.14. The van der Waals surface area contributed by atoms with Gasteiger partial charge in [0, 0.05) is 26.0 Å². The van der Waals surface area contributed by atoms with Crippen molar-refractivity contribution in [3.05, 3.63) is 23.9 Å². The first kappa shape index (κ1) is 14.4. The zero-order chi connectivity index (χ0) is 13.4. The van der Waals surface area contributed by atoms with E-state index in [1.807, 2.05) is 0 Å². The standard InChI is InChI=1S/C13H20N2O3/c1-10(2)9-18-8-4-7-15-12-11(13(16)17)5-3-6-14-12/h3,5-6,10H,4,7-9H2,1-2H3,(H,14,15)(H,16,17). The predicted molar refractivity (Wildman–Crippen MR) is 70.0 cm³/mol. The summed E-state index contributed by atoms with van der Waals surface area (Å²) in [6, 6.07) is 3.15. The van der Waals surface area contributed by atoms with Crippen LogP contribution >= 0.6 is 0 Å². The van der Waals surface area contributed by atoms with E-state index in [2.05, 4.69) is 24.1 Å². The number of carboxylic acids is 1. The molecule has 2 N–H and O–H groups in total. The van der Waals surface area contributed by atoms with Crippen LogP contribution in [0.5, 0.6) is 0 Å². The molecule has 0 aliphatic carbocycles. The fourth-order valence-electron chi connectivity index (χ4n) is 1.42. The Labute approximate surface area is 107 Å². The van der Waals surface area contributed by atoms with Crippen LogP contribution in [0.1, 0.15) is 30.6 Å². The van der Waals surface area contributed by atoms with E-state index in [1.54, 1.807) is 12.3 Å². The van der Waals surface area contributed by atoms with Crippen LogP contribution in [-0.4, -0.2) is 35.8 Å². The highest BCUT2D eigenvalue weighted by Crippen LogP contribution is 2.10. The molecular weight excluding hydrogens is 232 g/mol. The molecule has 0 aliphatic heterocycles. The van der Waals surface area contributed by atoms with E-state index in [-0.39, 0.29) is 5.56 Å². The lowest BCUT2D eigenvalue weighted by molar-refractivity contribution is 0.0697. The molecule has 0 unspecified atom stereocenters. The molecule has 1 heterocycles. The number of hydrogen-bond donors (Lipinski definition) is 2. The maximum Gasteiger partial charge on any atom is 0.339 e. The number of carboxylic acid groups (broad SMARTS) is 1. The quantitative estimate of drug-likeness (QED) is 0.694. The molecule has 1 aromatic rings. The summed E-state index contributed by atoms with van der Waals surface area (Å²) in [6.07, 6.45) is 2.40. The minimum Gasteiger partial charge on any atom is -0.478 e. The summed E-state index contributed by atoms with van der Waals surface area (Å²) in [6.45, 7) is 6.27. The smallest absolute Gasteiger partial charge is 0.339 e. The van der Waals surface area contributed by atoms with Gasteiger partial charge < -0.3 is 15.2 Å². The second-order valence-electron chi connectivity index (χ2n) is 4.45. The molecule has 0 amide bonds. The Bertz CT molecular complexity index is 380. The second-order valence-corrected chi connectivity index (χ2v) is 4.45. The van der Waals surface area contributed by atoms with Crippen LogP contribution < -0.4 is 5.32 Å². The van der Waals surface area contributed by atoms with E-state index in [1.165, 1.54) is 6.07 Å². The third kappa shape index (κ3) is 5.14. The molecule has 0 saturated heterocycles. The monoisotopic (exact) mass is 252 g/mol. The highest BCUT2D eigenvalue weighted by atomic mass is 16.5. The summed E-state index contributed by atoms with van der Waals surface area (Å²) < 4.78 is 5.43. The average Bonchev–Trinajstić information content (AvgIpc) is 2.33. The number of nitrogens with one attached hydrogen (secondary N) is 1. The van der Waals surface area contributed by atoms with E-state index < -0.39 is 5.97 Å². The summed E-state index contributed by atoms with van der Waals surface area (Å²) in [4.78, 5) is 14.9. The number of aromatic nitrogens is 1. The fraction of sp³-hybridized carbons (Fsp3) is 0.538. The highest BCUT2D eigenvalue weighted by Gasteiger charge is 2.09. The van der Waals surface area contributed by atoms with Gasteiger partial charge in [-0.2, -0.15) is 0 Å². The molecule has 0 radical (unpaired) electrons. The van der Waals surface area contributed by atoms with E-state index in [0.717, 1.165) is 13.0 Å². The maximum absolute atomic E-state index is 10.9. The zero-order valence-electron chi connectivity index (χ0n) is 10.8. The van der Waals surface area contributed by atoms with Crippen LogP contribution in [0.15, 0.2) is 18.3 Å². The van der Waals surface area contributed by atoms with Crippen molar-refractivity contribution < 1.29 is 14.6 Å². The Hall–Kier alpha value is -1.62. The molecule has 5 heteroatoms. The van der Waals surface area contributed by atoms with E-state index in [9.17, 15) is 4.79 Å². The molecule has 0 spiro atoms. The zero-order valence-corrected chi connectivity index (χ0v) is 10.8. The molecule has 0 aliphatic rings. The maximum atomic E-state index is 10.9. The van der Waals surface area contributed by atoms with Crippen LogP contribution in [-0.2, 0) is 4.74 Å². The SMILES string of the molecule is CC(C)COCCCNc1ncccc1C(=O)O. The number of ether oxygens (including phenoxy) is 1. The van der Waals surface area contributed by atoms with Crippen LogP contribution in [0, 0.1) is 5.92 Å². The van der Waals surface area contributed by atoms with Gasteiger partial charge in [0.15, 0.2) is 0 Å². The van der Waals surface area contributed by atoms with Gasteiger partial charge in [-0.25, -0.2) is 9.78 Å². The van der Waals surface area contributed by atoms with Gasteiger partial charge in [0.25, 0.3) is 0 Å². The van der Waals surface area contributed by atoms with Crippen molar-refractivity contribution in [1.82, 2.24) is 4.98 Å². The first-order valence-corrected chi connectivity index (χ1v) is 6.11. The van der Waals surface area contributed by atoms with Gasteiger partial charge in [-0.05, 0) is 24.5 Å². The Morgan fingerprint density at radius 3 is 3.00 bits per heavy atom. The number of hydrogen-bond acceptors (Lipinski definition) is 4. The van der Waals surface area contributed by atoms with Crippen LogP contribution in [0.25, 0.3) is 0 Å². The van der Waals surface area contributed by atoms with Crippen molar-refractivity contribution in [2.75, 3.05) is 25.1 Å². The van der Waals surface area contributed by atoms with Gasteiger partial charge in [0.2, 0.25) is 0 Å². The normalized spacial score (nSPS) is 10.6. The van der Waals surface area contributed by atoms with Crippen molar-refractivity contribution in [2.24, 2.45) is 5.92 Å². The van der Waals surface area contributed by atoms with Crippen molar-refractivity contribution in [2.45, 2.75) is 20.3 Å². The van der Waals surface area contributed by atoms with E-state index in [0.29, 0.717) is 24.9 Å². The molecule has 0 atom stereocenters. The summed E-state index contributed by atoms with van der Waals surface area (Å²) in [7, 11) is 0. The first-order valence-electron chi connectivity index (χ1n) is 6.11. The Morgan fingerprint density at radius 1 is 1.56 bits per heavy atom. The summed E-state index contributed by atoms with van der Waals surface area (Å²) in [5.41, 5.74) is 0.195. The van der Waals surface area contributed by atoms with Gasteiger partial charge in [0.1, 0.15) is 11.4 Å². The molecule has 0 bridgehead atoms. The minimum atomic E-state index is -0.971. The lowest BCUT2D eigenvalue weighted by atomic mass is 10.2. The Balaban J connectivity index is 2.29. The van der Waals surface area contributed by atoms with Gasteiger partial charge in [-0.3, -0.25) is 0 Å². The molecule has 1 rings (SSSR count). The lowest BCUT2D eigenvalue weighted by Gasteiger charge is -2.09. The van der Waals surface area contributed by atoms with E-state index in [4.69, 9.17) is 9.84 Å². The van der Waals surface area contributed by atoms with Crippen molar-refractivity contribution in [1.29, 1.82) is 0 Å². The lowest BCUT2D eigenvalue weighted by Crippen LogP contribution is -2.12. The topological polar surface area (TPSA) is 71.5 Å². The van der Waals surface area contributed by atoms with Crippen LogP contribution in [0.4, 0.5) is 5.82 Å². The Morgan fingerprint density at radius 2 is 2.33 bits per heavy atom. The van der Waals surface area contributed by atoms with Crippen molar-refractivity contribution >= 4 is 11.8 Å². The molecule has 18 heavy (non-hydrogen) atoms. The highest BCUT2D eigenvalue weighted by molar-refractivity contribution is 5.92. The first-order chi connectivity index (χ1) is 8.61. The van der Waals surface area contributed by atoms with Gasteiger partial charge in [-0.1, -0.05) is 13.8 Å². The number of aromatic carboxylic acids is 1. The molecule has 100 valence electrons. The van der Waals surface area contributed by atoms with Crippen molar-refractivity contribution in [3.8, 4) is 0 Å². The van der Waals surface area contributed by atoms with Gasteiger partial charge >= 0.3 is 5.97 Å². The average molecular weight is 252 g/mol. The third-order valence-corrected chi connectivity index (χ3v) is 2.25. The summed E-state index contributed by atoms with van der Waals surface area (Å²) >= 11 is 0. The van der Waals surface area contributed by atoms with Crippen LogP contribution in [0.2, 0.25) is 0 Å². The van der Waals surface area contributed by atoms with Gasteiger partial charge in [0.05, 0.1) is 0 Å². The molecule has 1 aromatic heterocycles.